The normalized spacial score (nSPS) is 11.2. The molecular formula is C8H12FN3OP2. The summed E-state index contributed by atoms with van der Waals surface area (Å²) in [5.41, 5.74) is 1.38. The molecular weight excluding hydrogens is 235 g/mol. The van der Waals surface area contributed by atoms with Gasteiger partial charge < -0.3 is 5.32 Å². The number of nitrogens with one attached hydrogen (secondary N) is 1. The van der Waals surface area contributed by atoms with Gasteiger partial charge in [0.1, 0.15) is 0 Å². The van der Waals surface area contributed by atoms with Crippen LogP contribution in [0, 0.1) is 6.92 Å². The molecule has 1 heterocycles. The molecule has 0 bridgehead atoms. The number of nitrogens with zero attached hydrogens (tertiary/aromatic N) is 2. The third-order valence-corrected chi connectivity index (χ3v) is 2.14. The van der Waals surface area contributed by atoms with Crippen molar-refractivity contribution in [3.05, 3.63) is 23.8 Å². The number of rotatable bonds is 3. The predicted molar refractivity (Wildman–Crippen MR) is 61.9 cm³/mol. The second-order valence-electron chi connectivity index (χ2n) is 3.10. The van der Waals surface area contributed by atoms with Crippen molar-refractivity contribution in [2.24, 2.45) is 0 Å². The van der Waals surface area contributed by atoms with Gasteiger partial charge in [-0.1, -0.05) is 18.5 Å². The van der Waals surface area contributed by atoms with Crippen LogP contribution in [0.2, 0.25) is 0 Å². The van der Waals surface area contributed by atoms with Crippen LogP contribution in [0.3, 0.4) is 0 Å². The van der Waals surface area contributed by atoms with E-state index in [4.69, 9.17) is 0 Å². The highest BCUT2D eigenvalue weighted by Crippen LogP contribution is 2.28. The zero-order valence-electron chi connectivity index (χ0n) is 8.20. The Labute approximate surface area is 91.9 Å². The van der Waals surface area contributed by atoms with Crippen LogP contribution in [0.4, 0.5) is 4.39 Å². The van der Waals surface area contributed by atoms with Crippen LogP contribution in [-0.4, -0.2) is 21.0 Å². The fourth-order valence-electron chi connectivity index (χ4n) is 0.817. The van der Waals surface area contributed by atoms with Crippen LogP contribution in [0.5, 0.6) is 0 Å². The van der Waals surface area contributed by atoms with Gasteiger partial charge in [0.05, 0.1) is 24.1 Å². The number of carbonyl (C=O) groups is 1. The molecule has 1 aromatic rings. The van der Waals surface area contributed by atoms with Crippen LogP contribution in [0.1, 0.15) is 11.4 Å². The second-order valence-corrected chi connectivity index (χ2v) is 5.45. The Morgan fingerprint density at radius 3 is 2.67 bits per heavy atom. The molecule has 0 spiro atoms. The van der Waals surface area contributed by atoms with E-state index in [9.17, 15) is 9.18 Å². The highest BCUT2D eigenvalue weighted by Gasteiger charge is 2.26. The van der Waals surface area contributed by atoms with Gasteiger partial charge in [-0.2, -0.15) is 0 Å². The second kappa shape index (κ2) is 4.91. The van der Waals surface area contributed by atoms with Crippen molar-refractivity contribution in [2.75, 3.05) is 0 Å². The predicted octanol–water partition coefficient (Wildman–Crippen LogP) is 0.775. The molecule has 2 atom stereocenters. The lowest BCUT2D eigenvalue weighted by Gasteiger charge is -2.13. The van der Waals surface area contributed by atoms with Gasteiger partial charge in [-0.15, -0.1) is 0 Å². The van der Waals surface area contributed by atoms with Crippen molar-refractivity contribution in [3.63, 3.8) is 0 Å². The van der Waals surface area contributed by atoms with Gasteiger partial charge in [0, 0.05) is 6.20 Å². The number of hydrogen-bond donors (Lipinski definition) is 1. The smallest absolute Gasteiger partial charge is 0.265 e. The zero-order chi connectivity index (χ0) is 11.5. The molecule has 0 aromatic carbocycles. The van der Waals surface area contributed by atoms with Gasteiger partial charge in [0.15, 0.2) is 0 Å². The molecule has 4 nitrogen and oxygen atoms in total. The van der Waals surface area contributed by atoms with E-state index < -0.39 is 11.1 Å². The van der Waals surface area contributed by atoms with Gasteiger partial charge in [-0.05, 0) is 6.92 Å². The molecule has 0 saturated heterocycles. The van der Waals surface area contributed by atoms with Crippen LogP contribution >= 0.6 is 18.5 Å². The zero-order valence-corrected chi connectivity index (χ0v) is 10.5. The van der Waals surface area contributed by atoms with E-state index in [1.165, 1.54) is 0 Å². The Morgan fingerprint density at radius 1 is 1.53 bits per heavy atom. The Bertz CT molecular complexity index is 350. The molecule has 0 radical (unpaired) electrons. The lowest BCUT2D eigenvalue weighted by Crippen LogP contribution is -2.34. The number of halogens is 1. The number of amides is 1. The van der Waals surface area contributed by atoms with Gasteiger partial charge in [0.2, 0.25) is 5.15 Å². The molecule has 1 rings (SSSR count). The third-order valence-electron chi connectivity index (χ3n) is 1.61. The summed E-state index contributed by atoms with van der Waals surface area (Å²) < 4.78 is 13.0. The maximum Gasteiger partial charge on any atom is 0.265 e. The average Bonchev–Trinajstić information content (AvgIpc) is 2.15. The first-order chi connectivity index (χ1) is 6.89. The van der Waals surface area contributed by atoms with Crippen molar-refractivity contribution >= 4 is 24.4 Å². The van der Waals surface area contributed by atoms with Crippen molar-refractivity contribution in [1.82, 2.24) is 15.3 Å². The standard InChI is InChI=1S/C8H12FN3OP2/c1-5-2-11-6(3-10-5)4-12-7(13)8(9,14)15/h2-3H,4,14-15H2,1H3,(H,12,13). The molecule has 1 N–H and O–H groups in total. The Kier molecular flexibility index (Phi) is 4.06. The van der Waals surface area contributed by atoms with Crippen LogP contribution < -0.4 is 5.32 Å². The van der Waals surface area contributed by atoms with Crippen LogP contribution in [0.15, 0.2) is 12.4 Å². The van der Waals surface area contributed by atoms with Crippen molar-refractivity contribution in [2.45, 2.75) is 18.6 Å². The molecule has 1 amide bonds. The summed E-state index contributed by atoms with van der Waals surface area (Å²) in [5.74, 6) is -0.722. The fourth-order valence-corrected chi connectivity index (χ4v) is 1.02. The molecule has 82 valence electrons. The summed E-state index contributed by atoms with van der Waals surface area (Å²) in [5, 5.41) is 0.371. The highest BCUT2D eigenvalue weighted by atomic mass is 31.1. The van der Waals surface area contributed by atoms with Gasteiger partial charge in [-0.3, -0.25) is 14.8 Å². The van der Waals surface area contributed by atoms with E-state index in [0.29, 0.717) is 5.69 Å². The van der Waals surface area contributed by atoms with E-state index >= 15 is 0 Å². The lowest BCUT2D eigenvalue weighted by molar-refractivity contribution is -0.124. The summed E-state index contributed by atoms with van der Waals surface area (Å²) in [6.45, 7) is 1.98. The SMILES string of the molecule is Cc1cnc(CNC(=O)C(F)(P)P)cn1. The monoisotopic (exact) mass is 247 g/mol. The molecule has 0 saturated carbocycles. The van der Waals surface area contributed by atoms with E-state index in [2.05, 4.69) is 15.3 Å². The summed E-state index contributed by atoms with van der Waals surface area (Å²) in [7, 11) is 3.60. The number of aromatic nitrogens is 2. The molecule has 1 aromatic heterocycles. The van der Waals surface area contributed by atoms with Gasteiger partial charge in [-0.25, -0.2) is 4.39 Å². The molecule has 7 heteroatoms. The first-order valence-electron chi connectivity index (χ1n) is 4.22. The minimum Gasteiger partial charge on any atom is -0.347 e. The Hall–Kier alpha value is -0.660. The molecule has 0 aliphatic carbocycles. The summed E-state index contributed by atoms with van der Waals surface area (Å²) in [4.78, 5) is 19.1. The summed E-state index contributed by atoms with van der Waals surface area (Å²) in [6, 6.07) is 0. The van der Waals surface area contributed by atoms with Crippen molar-refractivity contribution < 1.29 is 9.18 Å². The van der Waals surface area contributed by atoms with Gasteiger partial charge in [0.25, 0.3) is 5.91 Å². The number of carbonyl (C=O) groups excluding carboxylic acids is 1. The first-order valence-corrected chi connectivity index (χ1v) is 5.37. The largest absolute Gasteiger partial charge is 0.347 e. The summed E-state index contributed by atoms with van der Waals surface area (Å²) >= 11 is 0. The topological polar surface area (TPSA) is 54.9 Å². The molecule has 0 aliphatic heterocycles. The minimum absolute atomic E-state index is 0.167. The maximum atomic E-state index is 13.0. The van der Waals surface area contributed by atoms with Crippen molar-refractivity contribution in [3.8, 4) is 0 Å². The quantitative estimate of drug-likeness (QED) is 0.803. The first kappa shape index (κ1) is 12.4. The molecule has 15 heavy (non-hydrogen) atoms. The number of hydrogen-bond acceptors (Lipinski definition) is 3. The van der Waals surface area contributed by atoms with E-state index in [1.807, 2.05) is 6.92 Å². The van der Waals surface area contributed by atoms with Crippen LogP contribution in [-0.2, 0) is 11.3 Å². The molecule has 2 unspecified atom stereocenters. The number of alkyl halides is 1. The molecule has 0 aliphatic rings. The Morgan fingerprint density at radius 2 is 2.20 bits per heavy atom. The van der Waals surface area contributed by atoms with Gasteiger partial charge >= 0.3 is 0 Å². The van der Waals surface area contributed by atoms with E-state index in [0.717, 1.165) is 5.69 Å². The number of aryl methyl sites for hydroxylation is 1. The van der Waals surface area contributed by atoms with E-state index in [-0.39, 0.29) is 6.54 Å². The maximum absolute atomic E-state index is 13.0. The van der Waals surface area contributed by atoms with E-state index in [1.54, 1.807) is 30.9 Å². The highest BCUT2D eigenvalue weighted by molar-refractivity contribution is 7.41. The molecule has 0 fully saturated rings. The summed E-state index contributed by atoms with van der Waals surface area (Å²) in [6.07, 6.45) is 3.13. The lowest BCUT2D eigenvalue weighted by atomic mass is 10.4. The minimum atomic E-state index is -2.03. The Balaban J connectivity index is 2.51. The van der Waals surface area contributed by atoms with Crippen molar-refractivity contribution in [1.29, 1.82) is 0 Å². The van der Waals surface area contributed by atoms with Crippen LogP contribution in [0.25, 0.3) is 0 Å². The third kappa shape index (κ3) is 4.15. The average molecular weight is 247 g/mol. The fraction of sp³-hybridized carbons (Fsp3) is 0.375.